The van der Waals surface area contributed by atoms with Crippen LogP contribution in [-0.2, 0) is 4.74 Å². The van der Waals surface area contributed by atoms with Crippen LogP contribution in [-0.4, -0.2) is 36.9 Å². The molecule has 0 radical (unpaired) electrons. The van der Waals surface area contributed by atoms with Crippen molar-refractivity contribution < 1.29 is 23.4 Å². The number of methoxy groups -OCH3 is 1. The van der Waals surface area contributed by atoms with Gasteiger partial charge in [0.1, 0.15) is 23.8 Å². The Bertz CT molecular complexity index is 1150. The van der Waals surface area contributed by atoms with Gasteiger partial charge in [-0.25, -0.2) is 9.18 Å². The smallest absolute Gasteiger partial charge is 0.407 e. The standard InChI is InChI=1S/C23H25FN2O5/c1-23(2,3)31-22(28)25-10-11-30-20-17-9-8-15(24)13-18(17)21(27)26-19(20)14-6-5-7-16(12-14)29-4/h5-9,12-13H,10-11H2,1-4H3,(H,25,28)(H,26,27). The molecular formula is C23H25FN2O5. The Kier molecular flexibility index (Phi) is 6.48. The number of fused-ring (bicyclic) bond motifs is 1. The van der Waals surface area contributed by atoms with Crippen molar-refractivity contribution in [2.24, 2.45) is 0 Å². The quantitative estimate of drug-likeness (QED) is 0.573. The largest absolute Gasteiger partial charge is 0.497 e. The molecule has 0 aliphatic carbocycles. The fourth-order valence-corrected chi connectivity index (χ4v) is 3.03. The van der Waals surface area contributed by atoms with Gasteiger partial charge in [-0.3, -0.25) is 4.79 Å². The van der Waals surface area contributed by atoms with Crippen molar-refractivity contribution in [2.45, 2.75) is 26.4 Å². The highest BCUT2D eigenvalue weighted by Crippen LogP contribution is 2.35. The lowest BCUT2D eigenvalue weighted by molar-refractivity contribution is 0.0520. The first-order valence-corrected chi connectivity index (χ1v) is 9.77. The second-order valence-electron chi connectivity index (χ2n) is 7.86. The fraction of sp³-hybridized carbons (Fsp3) is 0.304. The molecule has 1 heterocycles. The summed E-state index contributed by atoms with van der Waals surface area (Å²) < 4.78 is 30.1. The van der Waals surface area contributed by atoms with Crippen LogP contribution in [0.1, 0.15) is 20.8 Å². The topological polar surface area (TPSA) is 89.7 Å². The Morgan fingerprint density at radius 1 is 1.13 bits per heavy atom. The first-order chi connectivity index (χ1) is 14.7. The molecule has 0 fully saturated rings. The van der Waals surface area contributed by atoms with E-state index in [1.54, 1.807) is 52.1 Å². The highest BCUT2D eigenvalue weighted by Gasteiger charge is 2.18. The van der Waals surface area contributed by atoms with E-state index in [-0.39, 0.29) is 18.5 Å². The number of alkyl carbamates (subject to hydrolysis) is 1. The molecule has 164 valence electrons. The molecule has 3 rings (SSSR count). The maximum Gasteiger partial charge on any atom is 0.407 e. The Morgan fingerprint density at radius 2 is 1.90 bits per heavy atom. The van der Waals surface area contributed by atoms with E-state index in [1.165, 1.54) is 12.1 Å². The maximum atomic E-state index is 13.7. The summed E-state index contributed by atoms with van der Waals surface area (Å²) >= 11 is 0. The Labute approximate surface area is 179 Å². The first kappa shape index (κ1) is 22.1. The number of nitrogens with one attached hydrogen (secondary N) is 2. The van der Waals surface area contributed by atoms with Gasteiger partial charge < -0.3 is 24.5 Å². The Hall–Kier alpha value is -3.55. The Balaban J connectivity index is 1.93. The summed E-state index contributed by atoms with van der Waals surface area (Å²) in [6.45, 7) is 5.60. The zero-order valence-corrected chi connectivity index (χ0v) is 17.9. The molecule has 0 spiro atoms. The van der Waals surface area contributed by atoms with E-state index >= 15 is 0 Å². The van der Waals surface area contributed by atoms with Crippen LogP contribution in [0.5, 0.6) is 11.5 Å². The van der Waals surface area contributed by atoms with Gasteiger partial charge in [0.15, 0.2) is 5.75 Å². The van der Waals surface area contributed by atoms with Crippen LogP contribution < -0.4 is 20.3 Å². The van der Waals surface area contributed by atoms with E-state index in [4.69, 9.17) is 14.2 Å². The van der Waals surface area contributed by atoms with Crippen molar-refractivity contribution in [2.75, 3.05) is 20.3 Å². The van der Waals surface area contributed by atoms with Crippen molar-refractivity contribution in [1.82, 2.24) is 10.3 Å². The zero-order valence-electron chi connectivity index (χ0n) is 17.9. The van der Waals surface area contributed by atoms with E-state index < -0.39 is 23.1 Å². The number of halogens is 1. The number of hydrogen-bond acceptors (Lipinski definition) is 5. The van der Waals surface area contributed by atoms with Gasteiger partial charge in [-0.15, -0.1) is 0 Å². The SMILES string of the molecule is COc1cccc(-c2[nH]c(=O)c3cc(F)ccc3c2OCCNC(=O)OC(C)(C)C)c1. The number of carbonyl (C=O) groups excluding carboxylic acids is 1. The molecule has 2 aromatic carbocycles. The summed E-state index contributed by atoms with van der Waals surface area (Å²) in [5.74, 6) is 0.452. The molecule has 2 N–H and O–H groups in total. The number of aromatic nitrogens is 1. The van der Waals surface area contributed by atoms with E-state index in [2.05, 4.69) is 10.3 Å². The third kappa shape index (κ3) is 5.53. The van der Waals surface area contributed by atoms with Crippen molar-refractivity contribution in [3.8, 4) is 22.8 Å². The highest BCUT2D eigenvalue weighted by molar-refractivity contribution is 5.93. The lowest BCUT2D eigenvalue weighted by Crippen LogP contribution is -2.34. The normalized spacial score (nSPS) is 11.3. The van der Waals surface area contributed by atoms with Gasteiger partial charge in [0.25, 0.3) is 5.56 Å². The van der Waals surface area contributed by atoms with E-state index in [0.29, 0.717) is 28.1 Å². The van der Waals surface area contributed by atoms with Crippen LogP contribution in [0, 0.1) is 5.82 Å². The number of ether oxygens (including phenoxy) is 3. The van der Waals surface area contributed by atoms with E-state index in [0.717, 1.165) is 6.07 Å². The highest BCUT2D eigenvalue weighted by atomic mass is 19.1. The van der Waals surface area contributed by atoms with Crippen LogP contribution in [0.2, 0.25) is 0 Å². The van der Waals surface area contributed by atoms with Crippen molar-refractivity contribution >= 4 is 16.9 Å². The summed E-state index contributed by atoms with van der Waals surface area (Å²) in [5.41, 5.74) is 0.0496. The van der Waals surface area contributed by atoms with Crippen molar-refractivity contribution in [3.05, 3.63) is 58.6 Å². The molecule has 31 heavy (non-hydrogen) atoms. The molecule has 0 aliphatic heterocycles. The number of hydrogen-bond donors (Lipinski definition) is 2. The fourth-order valence-electron chi connectivity index (χ4n) is 3.03. The molecule has 1 amide bonds. The van der Waals surface area contributed by atoms with Crippen LogP contribution in [0.4, 0.5) is 9.18 Å². The number of amides is 1. The molecule has 3 aromatic rings. The molecule has 0 saturated carbocycles. The molecule has 0 saturated heterocycles. The second-order valence-corrected chi connectivity index (χ2v) is 7.86. The van der Waals surface area contributed by atoms with Crippen molar-refractivity contribution in [3.63, 3.8) is 0 Å². The summed E-state index contributed by atoms with van der Waals surface area (Å²) in [6, 6.07) is 11.1. The van der Waals surface area contributed by atoms with E-state index in [1.807, 2.05) is 0 Å². The van der Waals surface area contributed by atoms with Gasteiger partial charge in [-0.2, -0.15) is 0 Å². The molecule has 0 unspecified atom stereocenters. The third-order valence-electron chi connectivity index (χ3n) is 4.31. The van der Waals surface area contributed by atoms with Gasteiger partial charge in [0.2, 0.25) is 0 Å². The molecule has 0 bridgehead atoms. The van der Waals surface area contributed by atoms with Gasteiger partial charge in [-0.05, 0) is 51.1 Å². The van der Waals surface area contributed by atoms with Gasteiger partial charge in [0, 0.05) is 10.9 Å². The molecule has 1 aromatic heterocycles. The summed E-state index contributed by atoms with van der Waals surface area (Å²) in [6.07, 6.45) is -0.558. The Morgan fingerprint density at radius 3 is 2.61 bits per heavy atom. The van der Waals surface area contributed by atoms with E-state index in [9.17, 15) is 14.0 Å². The van der Waals surface area contributed by atoms with Crippen LogP contribution >= 0.6 is 0 Å². The maximum absolute atomic E-state index is 13.7. The predicted molar refractivity (Wildman–Crippen MR) is 116 cm³/mol. The number of pyridine rings is 1. The van der Waals surface area contributed by atoms with Crippen molar-refractivity contribution in [1.29, 1.82) is 0 Å². The number of aromatic amines is 1. The number of carbonyl (C=O) groups is 1. The zero-order chi connectivity index (χ0) is 22.6. The number of rotatable bonds is 6. The predicted octanol–water partition coefficient (Wildman–Crippen LogP) is 4.25. The van der Waals surface area contributed by atoms with Gasteiger partial charge >= 0.3 is 6.09 Å². The minimum atomic E-state index is -0.607. The molecule has 8 heteroatoms. The second kappa shape index (κ2) is 9.07. The number of benzene rings is 2. The first-order valence-electron chi connectivity index (χ1n) is 9.77. The summed E-state index contributed by atoms with van der Waals surface area (Å²) in [5, 5.41) is 3.24. The van der Waals surface area contributed by atoms with Crippen LogP contribution in [0.25, 0.3) is 22.0 Å². The minimum Gasteiger partial charge on any atom is -0.497 e. The average Bonchev–Trinajstić information content (AvgIpc) is 2.71. The molecular weight excluding hydrogens is 403 g/mol. The third-order valence-corrected chi connectivity index (χ3v) is 4.31. The average molecular weight is 428 g/mol. The van der Waals surface area contributed by atoms with Crippen LogP contribution in [0.3, 0.4) is 0 Å². The lowest BCUT2D eigenvalue weighted by atomic mass is 10.1. The number of H-pyrrole nitrogens is 1. The summed E-state index contributed by atoms with van der Waals surface area (Å²) in [7, 11) is 1.55. The molecule has 0 aliphatic rings. The summed E-state index contributed by atoms with van der Waals surface area (Å²) in [4.78, 5) is 27.2. The van der Waals surface area contributed by atoms with Gasteiger partial charge in [-0.1, -0.05) is 12.1 Å². The monoisotopic (exact) mass is 428 g/mol. The van der Waals surface area contributed by atoms with Gasteiger partial charge in [0.05, 0.1) is 24.7 Å². The van der Waals surface area contributed by atoms with Crippen LogP contribution in [0.15, 0.2) is 47.3 Å². The molecule has 0 atom stereocenters. The lowest BCUT2D eigenvalue weighted by Gasteiger charge is -2.20. The molecule has 7 nitrogen and oxygen atoms in total. The minimum absolute atomic E-state index is 0.106.